The van der Waals surface area contributed by atoms with E-state index in [1.807, 2.05) is 49.4 Å². The van der Waals surface area contributed by atoms with Crippen LogP contribution in [-0.4, -0.2) is 20.5 Å². The van der Waals surface area contributed by atoms with Crippen molar-refractivity contribution in [3.63, 3.8) is 0 Å². The predicted molar refractivity (Wildman–Crippen MR) is 81.5 cm³/mol. The van der Waals surface area contributed by atoms with Crippen molar-refractivity contribution in [1.29, 1.82) is 0 Å². The van der Waals surface area contributed by atoms with Gasteiger partial charge in [-0.2, -0.15) is 10.1 Å². The number of allylic oxidation sites excluding steroid dienone is 3. The highest BCUT2D eigenvalue weighted by atomic mass is 16.1. The number of hydrogen-bond acceptors (Lipinski definition) is 4. The summed E-state index contributed by atoms with van der Waals surface area (Å²) in [4.78, 5) is 16.1. The van der Waals surface area contributed by atoms with Gasteiger partial charge in [-0.25, -0.2) is 4.68 Å². The van der Waals surface area contributed by atoms with Gasteiger partial charge in [0.05, 0.1) is 0 Å². The second-order valence-electron chi connectivity index (χ2n) is 4.96. The molecular weight excluding hydrogens is 264 g/mol. The Morgan fingerprint density at radius 2 is 2.10 bits per heavy atom. The van der Waals surface area contributed by atoms with E-state index in [0.29, 0.717) is 11.5 Å². The van der Waals surface area contributed by atoms with Crippen LogP contribution in [0.15, 0.2) is 54.0 Å². The summed E-state index contributed by atoms with van der Waals surface area (Å²) in [6, 6.07) is 9.74. The van der Waals surface area contributed by atoms with Crippen LogP contribution >= 0.6 is 0 Å². The molecule has 106 valence electrons. The van der Waals surface area contributed by atoms with Crippen LogP contribution in [0.5, 0.6) is 0 Å². The van der Waals surface area contributed by atoms with Crippen LogP contribution in [0.25, 0.3) is 6.08 Å². The summed E-state index contributed by atoms with van der Waals surface area (Å²) in [5, 5.41) is 7.34. The van der Waals surface area contributed by atoms with E-state index in [0.717, 1.165) is 11.3 Å². The molecule has 1 unspecified atom stereocenters. The maximum atomic E-state index is 12.0. The minimum Gasteiger partial charge on any atom is -0.328 e. The Morgan fingerprint density at radius 1 is 1.33 bits per heavy atom. The Kier molecular flexibility index (Phi) is 3.39. The summed E-state index contributed by atoms with van der Waals surface area (Å²) in [6.45, 7) is 3.46. The average Bonchev–Trinajstić information content (AvgIpc) is 2.93. The van der Waals surface area contributed by atoms with E-state index < -0.39 is 0 Å². The van der Waals surface area contributed by atoms with Crippen LogP contribution in [0.2, 0.25) is 0 Å². The van der Waals surface area contributed by atoms with Crippen molar-refractivity contribution in [2.75, 3.05) is 5.32 Å². The Labute approximate surface area is 123 Å². The molecule has 5 nitrogen and oxygen atoms in total. The first-order chi connectivity index (χ1) is 10.2. The van der Waals surface area contributed by atoms with Crippen molar-refractivity contribution < 1.29 is 4.79 Å². The van der Waals surface area contributed by atoms with E-state index in [1.54, 1.807) is 11.6 Å². The third-order valence-corrected chi connectivity index (χ3v) is 3.49. The third-order valence-electron chi connectivity index (χ3n) is 3.49. The number of carbonyl (C=O) groups excluding carboxylic acids is 1. The number of fused-ring (bicyclic) bond motifs is 1. The summed E-state index contributed by atoms with van der Waals surface area (Å²) in [5.74, 6) is 0.684. The number of Topliss-reactive ketones (excluding diaryl/α,β-unsaturated/α-hetero) is 1. The molecule has 2 heterocycles. The Hall–Kier alpha value is -2.69. The van der Waals surface area contributed by atoms with Gasteiger partial charge in [0.1, 0.15) is 12.4 Å². The van der Waals surface area contributed by atoms with E-state index in [-0.39, 0.29) is 11.8 Å². The van der Waals surface area contributed by atoms with Crippen molar-refractivity contribution in [3.05, 3.63) is 59.6 Å². The first-order valence-electron chi connectivity index (χ1n) is 6.78. The zero-order chi connectivity index (χ0) is 14.8. The second-order valence-corrected chi connectivity index (χ2v) is 4.96. The number of rotatable bonds is 3. The number of nitrogens with one attached hydrogen (secondary N) is 1. The Bertz CT molecular complexity index is 728. The quantitative estimate of drug-likeness (QED) is 0.939. The molecule has 1 aromatic carbocycles. The van der Waals surface area contributed by atoms with Gasteiger partial charge in [-0.3, -0.25) is 4.79 Å². The van der Waals surface area contributed by atoms with E-state index in [4.69, 9.17) is 0 Å². The molecule has 0 aliphatic carbocycles. The molecule has 1 aliphatic heterocycles. The fourth-order valence-corrected chi connectivity index (χ4v) is 2.54. The second kappa shape index (κ2) is 5.36. The molecule has 1 atom stereocenters. The Morgan fingerprint density at radius 3 is 2.81 bits per heavy atom. The number of hydrogen-bond donors (Lipinski definition) is 1. The first-order valence-corrected chi connectivity index (χ1v) is 6.78. The smallest absolute Gasteiger partial charge is 0.226 e. The SMILES string of the molecule is CC(=O)C1=C(C)Nc2ncnn2C1/C=C/c1ccccc1. The zero-order valence-corrected chi connectivity index (χ0v) is 11.9. The van der Waals surface area contributed by atoms with E-state index in [9.17, 15) is 4.79 Å². The monoisotopic (exact) mass is 280 g/mol. The molecule has 21 heavy (non-hydrogen) atoms. The number of anilines is 1. The molecule has 0 bridgehead atoms. The molecular formula is C16H16N4O. The molecule has 1 aliphatic rings. The van der Waals surface area contributed by atoms with Crippen LogP contribution < -0.4 is 5.32 Å². The van der Waals surface area contributed by atoms with Crippen LogP contribution in [0.4, 0.5) is 5.95 Å². The van der Waals surface area contributed by atoms with Gasteiger partial charge in [-0.05, 0) is 19.4 Å². The molecule has 0 radical (unpaired) electrons. The van der Waals surface area contributed by atoms with Gasteiger partial charge < -0.3 is 5.32 Å². The third kappa shape index (κ3) is 2.50. The van der Waals surface area contributed by atoms with Crippen molar-refractivity contribution in [3.8, 4) is 0 Å². The van der Waals surface area contributed by atoms with Crippen LogP contribution in [-0.2, 0) is 4.79 Å². The molecule has 1 aromatic heterocycles. The van der Waals surface area contributed by atoms with Gasteiger partial charge in [0.15, 0.2) is 5.78 Å². The van der Waals surface area contributed by atoms with E-state index in [2.05, 4.69) is 15.4 Å². The van der Waals surface area contributed by atoms with Crippen LogP contribution in [0, 0.1) is 0 Å². The number of nitrogens with zero attached hydrogens (tertiary/aromatic N) is 3. The minimum atomic E-state index is -0.235. The lowest BCUT2D eigenvalue weighted by Gasteiger charge is -2.25. The summed E-state index contributed by atoms with van der Waals surface area (Å²) in [7, 11) is 0. The zero-order valence-electron chi connectivity index (χ0n) is 11.9. The maximum Gasteiger partial charge on any atom is 0.226 e. The van der Waals surface area contributed by atoms with Gasteiger partial charge in [0.2, 0.25) is 5.95 Å². The van der Waals surface area contributed by atoms with E-state index >= 15 is 0 Å². The van der Waals surface area contributed by atoms with E-state index in [1.165, 1.54) is 6.33 Å². The highest BCUT2D eigenvalue weighted by molar-refractivity contribution is 5.96. The molecule has 0 amide bonds. The predicted octanol–water partition coefficient (Wildman–Crippen LogP) is 2.82. The lowest BCUT2D eigenvalue weighted by atomic mass is 9.98. The fraction of sp³-hybridized carbons (Fsp3) is 0.188. The summed E-state index contributed by atoms with van der Waals surface area (Å²) < 4.78 is 1.73. The molecule has 3 rings (SSSR count). The summed E-state index contributed by atoms with van der Waals surface area (Å²) in [6.07, 6.45) is 5.47. The topological polar surface area (TPSA) is 59.8 Å². The number of aromatic nitrogens is 3. The standard InChI is InChI=1S/C16H16N4O/c1-11-15(12(2)21)14(20-16(19-11)17-10-18-20)9-8-13-6-4-3-5-7-13/h3-10,14H,1-2H3,(H,17,18,19)/b9-8+. The maximum absolute atomic E-state index is 12.0. The first kappa shape index (κ1) is 13.3. The van der Waals surface area contributed by atoms with Gasteiger partial charge in [0.25, 0.3) is 0 Å². The van der Waals surface area contributed by atoms with Crippen molar-refractivity contribution >= 4 is 17.8 Å². The Balaban J connectivity index is 2.02. The molecule has 0 spiro atoms. The van der Waals surface area contributed by atoms with Crippen LogP contribution in [0.1, 0.15) is 25.5 Å². The molecule has 1 N–H and O–H groups in total. The molecule has 5 heteroatoms. The summed E-state index contributed by atoms with van der Waals surface area (Å²) in [5.41, 5.74) is 2.61. The number of ketones is 1. The summed E-state index contributed by atoms with van der Waals surface area (Å²) >= 11 is 0. The number of benzene rings is 1. The minimum absolute atomic E-state index is 0.0314. The lowest BCUT2D eigenvalue weighted by molar-refractivity contribution is -0.114. The average molecular weight is 280 g/mol. The fourth-order valence-electron chi connectivity index (χ4n) is 2.54. The molecule has 0 saturated carbocycles. The van der Waals surface area contributed by atoms with Crippen molar-refractivity contribution in [2.45, 2.75) is 19.9 Å². The molecule has 2 aromatic rings. The highest BCUT2D eigenvalue weighted by Gasteiger charge is 2.28. The van der Waals surface area contributed by atoms with Crippen molar-refractivity contribution in [2.24, 2.45) is 0 Å². The highest BCUT2D eigenvalue weighted by Crippen LogP contribution is 2.31. The number of carbonyl (C=O) groups is 1. The van der Waals surface area contributed by atoms with Crippen molar-refractivity contribution in [1.82, 2.24) is 14.8 Å². The van der Waals surface area contributed by atoms with Gasteiger partial charge in [-0.15, -0.1) is 0 Å². The van der Waals surface area contributed by atoms with Crippen LogP contribution in [0.3, 0.4) is 0 Å². The van der Waals surface area contributed by atoms with Gasteiger partial charge >= 0.3 is 0 Å². The molecule has 0 saturated heterocycles. The van der Waals surface area contributed by atoms with Gasteiger partial charge in [-0.1, -0.05) is 42.5 Å². The lowest BCUT2D eigenvalue weighted by Crippen LogP contribution is -2.25. The largest absolute Gasteiger partial charge is 0.328 e. The molecule has 0 fully saturated rings. The van der Waals surface area contributed by atoms with Gasteiger partial charge in [0, 0.05) is 11.3 Å². The normalized spacial score (nSPS) is 17.7.